The molecule has 0 fully saturated rings. The molecule has 2 aromatic carbocycles. The summed E-state index contributed by atoms with van der Waals surface area (Å²) in [5.74, 6) is -2.48. The van der Waals surface area contributed by atoms with Gasteiger partial charge in [0.25, 0.3) is 0 Å². The van der Waals surface area contributed by atoms with Crippen LogP contribution in [0.25, 0.3) is 0 Å². The van der Waals surface area contributed by atoms with Crippen LogP contribution in [-0.2, 0) is 22.4 Å². The number of carbonyl (C=O) groups excluding carboxylic acids is 2. The zero-order valence-corrected chi connectivity index (χ0v) is 15.1. The van der Waals surface area contributed by atoms with Crippen LogP contribution < -0.4 is 21.0 Å². The van der Waals surface area contributed by atoms with Crippen molar-refractivity contribution >= 4 is 34.6 Å². The van der Waals surface area contributed by atoms with Gasteiger partial charge in [0.15, 0.2) is 0 Å². The van der Waals surface area contributed by atoms with Gasteiger partial charge >= 0.3 is 12.1 Å². The molecule has 0 spiro atoms. The second-order valence-electron chi connectivity index (χ2n) is 6.40. The van der Waals surface area contributed by atoms with Crippen molar-refractivity contribution < 1.29 is 33.2 Å². The molecule has 4 N–H and O–H groups in total. The molecule has 154 valence electrons. The molecule has 0 saturated carbocycles. The van der Waals surface area contributed by atoms with Gasteiger partial charge in [-0.25, -0.2) is 0 Å². The van der Waals surface area contributed by atoms with E-state index >= 15 is 0 Å². The third-order valence-corrected chi connectivity index (χ3v) is 4.28. The summed E-state index contributed by atoms with van der Waals surface area (Å²) in [6.07, 6.45) is -4.21. The highest BCUT2D eigenvalue weighted by atomic mass is 19.4. The Morgan fingerprint density at radius 2 is 1.34 bits per heavy atom. The number of aryl methyl sites for hydroxylation is 2. The van der Waals surface area contributed by atoms with Crippen molar-refractivity contribution in [1.29, 1.82) is 0 Å². The number of alkyl halides is 3. The van der Waals surface area contributed by atoms with Gasteiger partial charge in [-0.3, -0.25) is 20.0 Å². The first-order valence-electron chi connectivity index (χ1n) is 8.46. The second-order valence-corrected chi connectivity index (χ2v) is 6.40. The predicted molar refractivity (Wildman–Crippen MR) is 97.8 cm³/mol. The third kappa shape index (κ3) is 4.41. The fraction of sp³-hybridized carbons (Fsp3) is 0.222. The zero-order valence-electron chi connectivity index (χ0n) is 15.1. The van der Waals surface area contributed by atoms with E-state index < -0.39 is 12.1 Å². The number of anilines is 4. The van der Waals surface area contributed by atoms with Gasteiger partial charge in [-0.05, 0) is 48.2 Å². The molecule has 0 radical (unpaired) electrons. The van der Waals surface area contributed by atoms with Gasteiger partial charge in [0.2, 0.25) is 5.91 Å². The molecule has 0 unspecified atom stereocenters. The fourth-order valence-corrected chi connectivity index (χ4v) is 2.96. The number of nitrogens with zero attached hydrogens (tertiary/aromatic N) is 2. The molecular weight excluding hydrogens is 393 g/mol. The van der Waals surface area contributed by atoms with E-state index in [0.717, 1.165) is 6.07 Å². The number of hydrogen-bond acceptors (Lipinski definition) is 6. The molecule has 1 aliphatic heterocycles. The summed E-state index contributed by atoms with van der Waals surface area (Å²) in [7, 11) is 0. The Kier molecular flexibility index (Phi) is 5.36. The summed E-state index contributed by atoms with van der Waals surface area (Å²) in [5.41, 5.74) is 1.55. The maximum Gasteiger partial charge on any atom is 0.471 e. The first kappa shape index (κ1) is 20.4. The summed E-state index contributed by atoms with van der Waals surface area (Å²) >= 11 is 0. The van der Waals surface area contributed by atoms with Crippen molar-refractivity contribution in [2.24, 2.45) is 0 Å². The van der Waals surface area contributed by atoms with Crippen LogP contribution in [0.3, 0.4) is 0 Å². The Morgan fingerprint density at radius 1 is 0.897 bits per heavy atom. The maximum atomic E-state index is 12.5. The van der Waals surface area contributed by atoms with E-state index in [1.807, 2.05) is 0 Å². The van der Waals surface area contributed by atoms with Gasteiger partial charge in [-0.15, -0.1) is 10.3 Å². The van der Waals surface area contributed by atoms with Crippen LogP contribution in [0, 0.1) is 0 Å². The smallest absolute Gasteiger partial charge is 0.326 e. The Morgan fingerprint density at radius 3 is 1.76 bits per heavy atom. The van der Waals surface area contributed by atoms with Crippen LogP contribution in [-0.4, -0.2) is 28.4 Å². The number of hydrazine groups is 1. The monoisotopic (exact) mass is 410 g/mol. The van der Waals surface area contributed by atoms with Crippen LogP contribution in [0.1, 0.15) is 18.1 Å². The van der Waals surface area contributed by atoms with Crippen LogP contribution >= 0.6 is 0 Å². The van der Waals surface area contributed by atoms with Crippen LogP contribution in [0.5, 0.6) is 0 Å². The summed E-state index contributed by atoms with van der Waals surface area (Å²) in [4.78, 5) is 22.4. The molecule has 0 bridgehead atoms. The summed E-state index contributed by atoms with van der Waals surface area (Å²) in [6.45, 7) is 1.32. The molecule has 0 saturated heterocycles. The number of rotatable bonds is 2. The van der Waals surface area contributed by atoms with Gasteiger partial charge in [-0.2, -0.15) is 13.2 Å². The van der Waals surface area contributed by atoms with E-state index in [-0.39, 0.29) is 23.0 Å². The number of benzene rings is 2. The third-order valence-electron chi connectivity index (χ3n) is 4.28. The first-order valence-corrected chi connectivity index (χ1v) is 8.46. The largest absolute Gasteiger partial charge is 0.471 e. The van der Waals surface area contributed by atoms with Crippen molar-refractivity contribution in [2.75, 3.05) is 21.0 Å². The molecule has 29 heavy (non-hydrogen) atoms. The topological polar surface area (TPSA) is 105 Å². The molecule has 3 rings (SSSR count). The molecule has 1 aliphatic rings. The van der Waals surface area contributed by atoms with Gasteiger partial charge in [-0.1, -0.05) is 12.1 Å². The van der Waals surface area contributed by atoms with Gasteiger partial charge in [0.05, 0.1) is 11.4 Å². The van der Waals surface area contributed by atoms with E-state index in [1.165, 1.54) is 25.1 Å². The minimum absolute atomic E-state index is 0.0111. The molecule has 0 aromatic heterocycles. The van der Waals surface area contributed by atoms with Crippen LogP contribution in [0.15, 0.2) is 36.4 Å². The highest BCUT2D eigenvalue weighted by molar-refractivity contribution is 5.95. The summed E-state index contributed by atoms with van der Waals surface area (Å²) in [6, 6.07) is 8.62. The van der Waals surface area contributed by atoms with E-state index in [1.54, 1.807) is 17.4 Å². The Hall–Kier alpha value is -3.31. The average molecular weight is 410 g/mol. The standard InChI is InChI=1S/C18H17F3N4O4/c1-10(26)22-13-6-4-11-2-3-12-5-7-14(23-17(27)18(19,20)21)9-16(12)25(29)24(28)15(11)8-13/h4-9,28-29H,2-3H2,1H3,(H,22,26)(H,23,27). The van der Waals surface area contributed by atoms with E-state index in [9.17, 15) is 33.2 Å². The molecule has 2 aromatic rings. The lowest BCUT2D eigenvalue weighted by molar-refractivity contribution is -0.167. The Labute approximate surface area is 163 Å². The fourth-order valence-electron chi connectivity index (χ4n) is 2.96. The Balaban J connectivity index is 1.94. The molecule has 1 heterocycles. The molecular formula is C18H17F3N4O4. The van der Waals surface area contributed by atoms with E-state index in [4.69, 9.17) is 0 Å². The van der Waals surface area contributed by atoms with Gasteiger partial charge < -0.3 is 10.6 Å². The lowest BCUT2D eigenvalue weighted by Gasteiger charge is -2.32. The van der Waals surface area contributed by atoms with Crippen molar-refractivity contribution in [1.82, 2.24) is 0 Å². The minimum Gasteiger partial charge on any atom is -0.326 e. The summed E-state index contributed by atoms with van der Waals surface area (Å²) in [5, 5.41) is 26.0. The van der Waals surface area contributed by atoms with E-state index in [2.05, 4.69) is 5.32 Å². The quantitative estimate of drug-likeness (QED) is 0.606. The van der Waals surface area contributed by atoms with Gasteiger partial charge in [0, 0.05) is 18.3 Å². The number of carbonyl (C=O) groups is 2. The number of fused-ring (bicyclic) bond motifs is 2. The number of halogens is 3. The normalized spacial score (nSPS) is 13.7. The summed E-state index contributed by atoms with van der Waals surface area (Å²) < 4.78 is 37.4. The predicted octanol–water partition coefficient (Wildman–Crippen LogP) is 3.25. The minimum atomic E-state index is -5.06. The van der Waals surface area contributed by atoms with Crippen LogP contribution in [0.2, 0.25) is 0 Å². The molecule has 8 nitrogen and oxygen atoms in total. The first-order chi connectivity index (χ1) is 13.6. The van der Waals surface area contributed by atoms with Crippen molar-refractivity contribution in [3.8, 4) is 0 Å². The number of nitrogens with one attached hydrogen (secondary N) is 2. The van der Waals surface area contributed by atoms with E-state index in [0.29, 0.717) is 40.0 Å². The van der Waals surface area contributed by atoms with Crippen molar-refractivity contribution in [3.05, 3.63) is 47.5 Å². The lowest BCUT2D eigenvalue weighted by Crippen LogP contribution is -2.40. The molecule has 11 heteroatoms. The van der Waals surface area contributed by atoms with Crippen LogP contribution in [0.4, 0.5) is 35.9 Å². The average Bonchev–Trinajstić information content (AvgIpc) is 2.64. The van der Waals surface area contributed by atoms with Gasteiger partial charge in [0.1, 0.15) is 0 Å². The molecule has 0 atom stereocenters. The number of hydrogen-bond donors (Lipinski definition) is 4. The van der Waals surface area contributed by atoms with Crippen molar-refractivity contribution in [3.63, 3.8) is 0 Å². The lowest BCUT2D eigenvalue weighted by atomic mass is 9.99. The highest BCUT2D eigenvalue weighted by Crippen LogP contribution is 2.34. The highest BCUT2D eigenvalue weighted by Gasteiger charge is 2.38. The SMILES string of the molecule is CC(=O)Nc1ccc2c(c1)N(O)N(O)c1cc(NC(=O)C(F)(F)F)ccc1CC2. The second kappa shape index (κ2) is 7.60. The molecule has 0 aliphatic carbocycles. The van der Waals surface area contributed by atoms with Crippen molar-refractivity contribution in [2.45, 2.75) is 25.9 Å². The zero-order chi connectivity index (χ0) is 21.3. The maximum absolute atomic E-state index is 12.5. The molecule has 2 amide bonds. The number of amides is 2. The Bertz CT molecular complexity index is 965.